The van der Waals surface area contributed by atoms with Gasteiger partial charge in [0.25, 0.3) is 0 Å². The number of rotatable bonds is 2. The minimum Gasteiger partial charge on any atom is -0.300 e. The van der Waals surface area contributed by atoms with Gasteiger partial charge in [0.1, 0.15) is 5.78 Å². The van der Waals surface area contributed by atoms with E-state index in [9.17, 15) is 4.79 Å². The summed E-state index contributed by atoms with van der Waals surface area (Å²) in [6.07, 6.45) is 9.14. The Morgan fingerprint density at radius 1 is 1.50 bits per heavy atom. The molecule has 0 spiro atoms. The predicted octanol–water partition coefficient (Wildman–Crippen LogP) is 3.63. The van der Waals surface area contributed by atoms with Gasteiger partial charge in [0.2, 0.25) is 0 Å². The highest BCUT2D eigenvalue weighted by molar-refractivity contribution is 5.78. The molecule has 0 fully saturated rings. The van der Waals surface area contributed by atoms with Gasteiger partial charge in [-0.25, -0.2) is 0 Å². The predicted molar refractivity (Wildman–Crippen MR) is 64.7 cm³/mol. The quantitative estimate of drug-likeness (QED) is 0.665. The first kappa shape index (κ1) is 13.0. The number of nitriles is 1. The van der Waals surface area contributed by atoms with Crippen molar-refractivity contribution in [3.05, 3.63) is 12.2 Å². The molecule has 88 valence electrons. The largest absolute Gasteiger partial charge is 0.300 e. The number of carbonyl (C=O) groups is 1. The van der Waals surface area contributed by atoms with Crippen molar-refractivity contribution in [1.82, 2.24) is 0 Å². The van der Waals surface area contributed by atoms with E-state index >= 15 is 0 Å². The molecule has 0 saturated heterocycles. The lowest BCUT2D eigenvalue weighted by Crippen LogP contribution is -2.09. The number of carbonyl (C=O) groups excluding carboxylic acids is 1. The minimum atomic E-state index is 0.116. The van der Waals surface area contributed by atoms with Gasteiger partial charge >= 0.3 is 0 Å². The zero-order chi connectivity index (χ0) is 12.0. The highest BCUT2D eigenvalue weighted by Gasteiger charge is 2.19. The molecule has 1 aliphatic carbocycles. The number of hydrogen-bond acceptors (Lipinski definition) is 2. The zero-order valence-electron chi connectivity index (χ0n) is 10.3. The Hall–Kier alpha value is -1.10. The molecule has 2 heteroatoms. The van der Waals surface area contributed by atoms with Crippen LogP contribution in [0.5, 0.6) is 0 Å². The fourth-order valence-electron chi connectivity index (χ4n) is 2.00. The summed E-state index contributed by atoms with van der Waals surface area (Å²) in [5.41, 5.74) is 0.116. The van der Waals surface area contributed by atoms with Gasteiger partial charge in [-0.05, 0) is 30.6 Å². The molecule has 16 heavy (non-hydrogen) atoms. The van der Waals surface area contributed by atoms with Crippen LogP contribution in [0.1, 0.15) is 52.4 Å². The lowest BCUT2D eigenvalue weighted by Gasteiger charge is -2.19. The molecule has 0 aliphatic heterocycles. The number of nitrogens with zero attached hydrogens (tertiary/aromatic N) is 1. The monoisotopic (exact) mass is 219 g/mol. The molecule has 1 atom stereocenters. The highest BCUT2D eigenvalue weighted by atomic mass is 16.1. The molecule has 0 N–H and O–H groups in total. The molecule has 0 aromatic heterocycles. The molecule has 0 aromatic rings. The van der Waals surface area contributed by atoms with Gasteiger partial charge in [-0.1, -0.05) is 26.0 Å². The van der Waals surface area contributed by atoms with Gasteiger partial charge in [0.15, 0.2) is 0 Å². The summed E-state index contributed by atoms with van der Waals surface area (Å²) in [7, 11) is 0. The fourth-order valence-corrected chi connectivity index (χ4v) is 2.00. The molecule has 1 aliphatic rings. The van der Waals surface area contributed by atoms with Gasteiger partial charge in [0, 0.05) is 19.3 Å². The second kappa shape index (κ2) is 5.84. The third-order valence-corrected chi connectivity index (χ3v) is 3.29. The molecule has 1 unspecified atom stereocenters. The van der Waals surface area contributed by atoms with Crippen LogP contribution in [0.3, 0.4) is 0 Å². The van der Waals surface area contributed by atoms with Crippen molar-refractivity contribution in [3.8, 4) is 6.07 Å². The van der Waals surface area contributed by atoms with Gasteiger partial charge in [-0.2, -0.15) is 5.26 Å². The smallest absolute Gasteiger partial charge is 0.132 e. The average Bonchev–Trinajstić information content (AvgIpc) is 2.30. The molecular formula is C14H21NO. The Kier molecular flexibility index (Phi) is 4.73. The number of Topliss-reactive ketones (excluding diaryl/α,β-unsaturated/α-hetero) is 1. The summed E-state index contributed by atoms with van der Waals surface area (Å²) in [4.78, 5) is 11.6. The first-order chi connectivity index (χ1) is 7.53. The molecular weight excluding hydrogens is 198 g/mol. The molecule has 0 amide bonds. The van der Waals surface area contributed by atoms with Crippen molar-refractivity contribution in [2.45, 2.75) is 52.4 Å². The van der Waals surface area contributed by atoms with Crippen molar-refractivity contribution in [1.29, 1.82) is 5.26 Å². The number of hydrogen-bond donors (Lipinski definition) is 0. The minimum absolute atomic E-state index is 0.116. The molecule has 0 saturated carbocycles. The van der Waals surface area contributed by atoms with Gasteiger partial charge < -0.3 is 0 Å². The molecule has 0 heterocycles. The van der Waals surface area contributed by atoms with Crippen LogP contribution in [0.25, 0.3) is 0 Å². The molecule has 2 nitrogen and oxygen atoms in total. The van der Waals surface area contributed by atoms with Crippen LogP contribution < -0.4 is 0 Å². The average molecular weight is 219 g/mol. The number of ketones is 1. The lowest BCUT2D eigenvalue weighted by molar-refractivity contribution is -0.119. The summed E-state index contributed by atoms with van der Waals surface area (Å²) in [5, 5.41) is 8.59. The van der Waals surface area contributed by atoms with Crippen LogP contribution in [0, 0.1) is 22.7 Å². The summed E-state index contributed by atoms with van der Waals surface area (Å²) >= 11 is 0. The van der Waals surface area contributed by atoms with E-state index in [0.29, 0.717) is 31.0 Å². The van der Waals surface area contributed by atoms with Gasteiger partial charge in [0.05, 0.1) is 6.07 Å². The van der Waals surface area contributed by atoms with Crippen LogP contribution in [-0.4, -0.2) is 5.78 Å². The normalized spacial score (nSPS) is 27.3. The van der Waals surface area contributed by atoms with Crippen molar-refractivity contribution < 1.29 is 4.79 Å². The van der Waals surface area contributed by atoms with E-state index in [-0.39, 0.29) is 5.41 Å². The van der Waals surface area contributed by atoms with Crippen molar-refractivity contribution in [2.24, 2.45) is 11.3 Å². The van der Waals surface area contributed by atoms with Crippen LogP contribution >= 0.6 is 0 Å². The Morgan fingerprint density at radius 2 is 2.25 bits per heavy atom. The lowest BCUT2D eigenvalue weighted by atomic mass is 9.86. The van der Waals surface area contributed by atoms with E-state index in [1.165, 1.54) is 0 Å². The Morgan fingerprint density at radius 3 is 2.94 bits per heavy atom. The fraction of sp³-hybridized carbons (Fsp3) is 0.714. The summed E-state index contributed by atoms with van der Waals surface area (Å²) in [6, 6.07) is 2.18. The molecule has 0 radical (unpaired) electrons. The number of allylic oxidation sites excluding steroid dienone is 2. The van der Waals surface area contributed by atoms with Crippen molar-refractivity contribution in [2.75, 3.05) is 0 Å². The van der Waals surface area contributed by atoms with Crippen LogP contribution in [0.15, 0.2) is 12.2 Å². The maximum Gasteiger partial charge on any atom is 0.132 e. The highest BCUT2D eigenvalue weighted by Crippen LogP contribution is 2.29. The van der Waals surface area contributed by atoms with Crippen LogP contribution in [0.4, 0.5) is 0 Å². The molecule has 0 aromatic carbocycles. The van der Waals surface area contributed by atoms with Crippen molar-refractivity contribution in [3.63, 3.8) is 0 Å². The van der Waals surface area contributed by atoms with Gasteiger partial charge in [-0.3, -0.25) is 4.79 Å². The van der Waals surface area contributed by atoms with E-state index in [0.717, 1.165) is 19.3 Å². The van der Waals surface area contributed by atoms with E-state index < -0.39 is 0 Å². The first-order valence-corrected chi connectivity index (χ1v) is 6.11. The van der Waals surface area contributed by atoms with E-state index in [1.54, 1.807) is 0 Å². The SMILES string of the molecule is CC1(C)/C=C\C(CCC#N)CCC(=O)CC1. The van der Waals surface area contributed by atoms with Gasteiger partial charge in [-0.15, -0.1) is 0 Å². The molecule has 0 bridgehead atoms. The van der Waals surface area contributed by atoms with E-state index in [1.807, 2.05) is 0 Å². The van der Waals surface area contributed by atoms with Crippen LogP contribution in [0.2, 0.25) is 0 Å². The summed E-state index contributed by atoms with van der Waals surface area (Å²) in [5.74, 6) is 0.778. The maximum atomic E-state index is 11.6. The standard InChI is InChI=1S/C14H21NO/c1-14(2)9-7-12(4-3-11-15)5-6-13(16)8-10-14/h7,9,12H,3-6,8,10H2,1-2H3/b9-7-. The summed E-state index contributed by atoms with van der Waals surface area (Å²) in [6.45, 7) is 4.34. The maximum absolute atomic E-state index is 11.6. The Bertz CT molecular complexity index is 309. The van der Waals surface area contributed by atoms with E-state index in [4.69, 9.17) is 5.26 Å². The third kappa shape index (κ3) is 4.61. The van der Waals surface area contributed by atoms with E-state index in [2.05, 4.69) is 32.1 Å². The second-order valence-corrected chi connectivity index (χ2v) is 5.38. The zero-order valence-corrected chi connectivity index (χ0v) is 10.3. The Labute approximate surface area is 98.3 Å². The second-order valence-electron chi connectivity index (χ2n) is 5.38. The summed E-state index contributed by atoms with van der Waals surface area (Å²) < 4.78 is 0. The topological polar surface area (TPSA) is 40.9 Å². The molecule has 1 rings (SSSR count). The Balaban J connectivity index is 2.66. The first-order valence-electron chi connectivity index (χ1n) is 6.11. The van der Waals surface area contributed by atoms with Crippen molar-refractivity contribution >= 4 is 5.78 Å². The third-order valence-electron chi connectivity index (χ3n) is 3.29. The van der Waals surface area contributed by atoms with Crippen LogP contribution in [-0.2, 0) is 4.79 Å².